The number of sulfone groups is 1. The molecule has 0 radical (unpaired) electrons. The molecule has 0 spiro atoms. The second-order valence-electron chi connectivity index (χ2n) is 9.65. The van der Waals surface area contributed by atoms with Crippen LogP contribution in [-0.2, 0) is 14.6 Å². The zero-order chi connectivity index (χ0) is 23.9. The van der Waals surface area contributed by atoms with Crippen LogP contribution in [0.4, 0.5) is 4.39 Å². The summed E-state index contributed by atoms with van der Waals surface area (Å²) in [4.78, 5) is 8.90. The van der Waals surface area contributed by atoms with Gasteiger partial charge in [0.1, 0.15) is 10.8 Å². The highest BCUT2D eigenvalue weighted by Crippen LogP contribution is 2.43. The van der Waals surface area contributed by atoms with E-state index in [9.17, 15) is 13.5 Å². The fourth-order valence-corrected chi connectivity index (χ4v) is 7.60. The molecule has 34 heavy (non-hydrogen) atoms. The number of H-pyrrole nitrogens is 1. The van der Waals surface area contributed by atoms with Crippen molar-refractivity contribution in [2.24, 2.45) is 5.92 Å². The van der Waals surface area contributed by atoms with E-state index < -0.39 is 15.9 Å². The molecular formula is C25H31FN2O4S2. The number of nitrogens with zero attached hydrogens (tertiary/aromatic N) is 1. The molecule has 6 nitrogen and oxygen atoms in total. The van der Waals surface area contributed by atoms with Crippen LogP contribution in [0, 0.1) is 11.7 Å². The first kappa shape index (κ1) is 23.9. The molecule has 1 saturated carbocycles. The zero-order valence-electron chi connectivity index (χ0n) is 19.3. The number of ether oxygens (including phenoxy) is 1. The van der Waals surface area contributed by atoms with Crippen LogP contribution in [-0.4, -0.2) is 42.0 Å². The van der Waals surface area contributed by atoms with Crippen LogP contribution >= 0.6 is 11.3 Å². The molecule has 2 N–H and O–H groups in total. The highest BCUT2D eigenvalue weighted by Gasteiger charge is 2.39. The number of aromatic nitrogens is 2. The van der Waals surface area contributed by atoms with Crippen LogP contribution in [0.5, 0.6) is 0 Å². The van der Waals surface area contributed by atoms with E-state index in [2.05, 4.69) is 9.97 Å². The molecule has 0 bridgehead atoms. The molecule has 3 aliphatic rings. The van der Waals surface area contributed by atoms with Gasteiger partial charge in [-0.1, -0.05) is 11.6 Å². The van der Waals surface area contributed by atoms with Gasteiger partial charge in [-0.3, -0.25) is 0 Å². The molecule has 1 aliphatic heterocycles. The number of hydrogen-bond donors (Lipinski definition) is 2. The summed E-state index contributed by atoms with van der Waals surface area (Å²) in [5.41, 5.74) is 2.20. The lowest BCUT2D eigenvalue weighted by atomic mass is 9.80. The number of aliphatic hydroxyl groups is 1. The van der Waals surface area contributed by atoms with Crippen molar-refractivity contribution in [1.82, 2.24) is 9.97 Å². The normalized spacial score (nSPS) is 21.7. The number of nitrogens with one attached hydrogen (secondary N) is 1. The van der Waals surface area contributed by atoms with Crippen molar-refractivity contribution in [3.8, 4) is 10.7 Å². The van der Waals surface area contributed by atoms with E-state index in [4.69, 9.17) is 4.74 Å². The molecule has 184 valence electrons. The monoisotopic (exact) mass is 506 g/mol. The molecule has 0 amide bonds. The lowest BCUT2D eigenvalue weighted by Crippen LogP contribution is -2.20. The molecule has 2 unspecified atom stereocenters. The fraction of sp³-hybridized carbons (Fsp3) is 0.560. The van der Waals surface area contributed by atoms with Crippen molar-refractivity contribution in [2.75, 3.05) is 13.2 Å². The summed E-state index contributed by atoms with van der Waals surface area (Å²) in [6.07, 6.45) is 9.96. The molecular weight excluding hydrogens is 475 g/mol. The Hall–Kier alpha value is -1.81. The van der Waals surface area contributed by atoms with Gasteiger partial charge in [-0.25, -0.2) is 17.8 Å². The summed E-state index contributed by atoms with van der Waals surface area (Å²) < 4.78 is 46.2. The topological polar surface area (TPSA) is 92.3 Å². The maximum Gasteiger partial charge on any atom is 0.177 e. The number of halogens is 1. The smallest absolute Gasteiger partial charge is 0.177 e. The maximum atomic E-state index is 15.3. The second kappa shape index (κ2) is 9.68. The lowest BCUT2D eigenvalue weighted by molar-refractivity contribution is 0.0623. The van der Waals surface area contributed by atoms with E-state index in [1.54, 1.807) is 19.2 Å². The predicted octanol–water partition coefficient (Wildman–Crippen LogP) is 5.41. The van der Waals surface area contributed by atoms with Crippen molar-refractivity contribution in [3.63, 3.8) is 0 Å². The average Bonchev–Trinajstić information content (AvgIpc) is 3.46. The number of rotatable bonds is 8. The van der Waals surface area contributed by atoms with E-state index in [0.717, 1.165) is 55.8 Å². The van der Waals surface area contributed by atoms with E-state index in [1.165, 1.54) is 17.4 Å². The lowest BCUT2D eigenvalue weighted by Gasteiger charge is -2.29. The Kier molecular flexibility index (Phi) is 6.81. The second-order valence-corrected chi connectivity index (χ2v) is 13.0. The van der Waals surface area contributed by atoms with Gasteiger partial charge in [0.05, 0.1) is 27.6 Å². The van der Waals surface area contributed by atoms with Crippen LogP contribution in [0.3, 0.4) is 0 Å². The summed E-state index contributed by atoms with van der Waals surface area (Å²) in [5, 5.41) is 10.3. The predicted molar refractivity (Wildman–Crippen MR) is 131 cm³/mol. The van der Waals surface area contributed by atoms with Gasteiger partial charge in [-0.2, -0.15) is 0 Å². The minimum absolute atomic E-state index is 0.158. The molecule has 2 aliphatic carbocycles. The third kappa shape index (κ3) is 4.94. The van der Waals surface area contributed by atoms with Gasteiger partial charge >= 0.3 is 0 Å². The molecule has 2 atom stereocenters. The van der Waals surface area contributed by atoms with E-state index in [1.807, 2.05) is 6.08 Å². The molecule has 0 aromatic carbocycles. The minimum atomic E-state index is -3.18. The van der Waals surface area contributed by atoms with Crippen molar-refractivity contribution >= 4 is 21.2 Å². The number of allylic oxidation sites excluding steroid dienone is 4. The van der Waals surface area contributed by atoms with E-state index in [0.29, 0.717) is 40.1 Å². The highest BCUT2D eigenvalue weighted by atomic mass is 32.2. The summed E-state index contributed by atoms with van der Waals surface area (Å²) >= 11 is 1.34. The molecule has 2 aromatic rings. The highest BCUT2D eigenvalue weighted by molar-refractivity contribution is 7.96. The molecule has 1 saturated heterocycles. The van der Waals surface area contributed by atoms with E-state index in [-0.39, 0.29) is 17.0 Å². The van der Waals surface area contributed by atoms with E-state index >= 15 is 4.39 Å². The van der Waals surface area contributed by atoms with Gasteiger partial charge < -0.3 is 14.8 Å². The first-order valence-electron chi connectivity index (χ1n) is 12.1. The van der Waals surface area contributed by atoms with Crippen LogP contribution in [0.25, 0.3) is 10.7 Å². The molecule has 9 heteroatoms. The largest absolute Gasteiger partial charge is 0.388 e. The average molecular weight is 507 g/mol. The number of aliphatic hydroxyl groups excluding tert-OH is 1. The summed E-state index contributed by atoms with van der Waals surface area (Å²) in [6, 6.07) is 1.49. The molecule has 3 heterocycles. The van der Waals surface area contributed by atoms with Gasteiger partial charge in [-0.15, -0.1) is 11.3 Å². The quantitative estimate of drug-likeness (QED) is 0.499. The third-order valence-corrected chi connectivity index (χ3v) is 10.8. The summed E-state index contributed by atoms with van der Waals surface area (Å²) in [6.45, 7) is 3.13. The zero-order valence-corrected chi connectivity index (χ0v) is 20.9. The van der Waals surface area contributed by atoms with Crippen molar-refractivity contribution in [2.45, 2.75) is 69.1 Å². The Morgan fingerprint density at radius 2 is 2.00 bits per heavy atom. The number of hydrogen-bond acceptors (Lipinski definition) is 6. The Bertz CT molecular complexity index is 1200. The van der Waals surface area contributed by atoms with Crippen LogP contribution in [0.15, 0.2) is 34.9 Å². The Morgan fingerprint density at radius 3 is 2.62 bits per heavy atom. The first-order chi connectivity index (χ1) is 16.3. The van der Waals surface area contributed by atoms with Gasteiger partial charge in [-0.05, 0) is 63.9 Å². The van der Waals surface area contributed by atoms with Gasteiger partial charge in [0.25, 0.3) is 0 Å². The number of thiazole rings is 1. The Labute approximate surface area is 203 Å². The van der Waals surface area contributed by atoms with Gasteiger partial charge in [0.15, 0.2) is 9.84 Å². The van der Waals surface area contributed by atoms with Gasteiger partial charge in [0, 0.05) is 36.3 Å². The summed E-state index contributed by atoms with van der Waals surface area (Å²) in [5.74, 6) is -0.0373. The maximum absolute atomic E-state index is 15.3. The van der Waals surface area contributed by atoms with Crippen molar-refractivity contribution in [3.05, 3.63) is 51.3 Å². The molecule has 2 fully saturated rings. The van der Waals surface area contributed by atoms with Gasteiger partial charge in [0.2, 0.25) is 0 Å². The third-order valence-electron chi connectivity index (χ3n) is 7.14. The Balaban J connectivity index is 1.46. The van der Waals surface area contributed by atoms with Crippen molar-refractivity contribution < 1.29 is 22.7 Å². The fourth-order valence-electron chi connectivity index (χ4n) is 4.94. The minimum Gasteiger partial charge on any atom is -0.388 e. The molecule has 5 rings (SSSR count). The SMILES string of the molecule is CC(O)c1cnc(-c2cc(F)c(C(CC3CCOCC3)C3=CC=C(S(=O)(=O)C4CC4)CC3)[nH]2)s1. The standard InChI is InChI=1S/C25H31FN2O4S2/c1-15(29)23-14-27-25(33-23)22-13-21(26)24(28-22)20(12-16-8-10-32-11-9-16)17-2-4-18(5-3-17)34(30,31)19-6-7-19/h2,4,13-16,19-20,28-29H,3,5-12H2,1H3. The Morgan fingerprint density at radius 1 is 1.24 bits per heavy atom. The molecule has 2 aromatic heterocycles. The van der Waals surface area contributed by atoms with Crippen LogP contribution in [0.2, 0.25) is 0 Å². The first-order valence-corrected chi connectivity index (χ1v) is 14.4. The summed E-state index contributed by atoms with van der Waals surface area (Å²) in [7, 11) is -3.18. The number of aromatic amines is 1. The van der Waals surface area contributed by atoms with Crippen molar-refractivity contribution in [1.29, 1.82) is 0 Å². The van der Waals surface area contributed by atoms with Crippen LogP contribution in [0.1, 0.15) is 74.5 Å². The van der Waals surface area contributed by atoms with Crippen LogP contribution < -0.4 is 0 Å².